The molecule has 6 heteroatoms. The predicted octanol–water partition coefficient (Wildman–Crippen LogP) is 3.33. The van der Waals surface area contributed by atoms with E-state index >= 15 is 0 Å². The van der Waals surface area contributed by atoms with Crippen LogP contribution in [0.25, 0.3) is 10.9 Å². The van der Waals surface area contributed by atoms with Gasteiger partial charge in [-0.3, -0.25) is 0 Å². The number of fused-ring (bicyclic) bond motifs is 1. The van der Waals surface area contributed by atoms with Crippen LogP contribution in [0.4, 0.5) is 13.2 Å². The average Bonchev–Trinajstić information content (AvgIpc) is 2.79. The summed E-state index contributed by atoms with van der Waals surface area (Å²) >= 11 is 0. The molecule has 116 valence electrons. The van der Waals surface area contributed by atoms with E-state index in [0.717, 1.165) is 29.6 Å². The van der Waals surface area contributed by atoms with Crippen molar-refractivity contribution >= 4 is 10.9 Å². The van der Waals surface area contributed by atoms with Gasteiger partial charge >= 0.3 is 6.18 Å². The number of rotatable bonds is 7. The van der Waals surface area contributed by atoms with Crippen LogP contribution in [0, 0.1) is 0 Å². The van der Waals surface area contributed by atoms with Gasteiger partial charge in [-0.1, -0.05) is 25.1 Å². The van der Waals surface area contributed by atoms with Crippen LogP contribution in [-0.2, 0) is 17.8 Å². The fraction of sp³-hybridized carbons (Fsp3) is 0.467. The Hall–Kier alpha value is -1.53. The number of benzene rings is 1. The molecule has 2 aromatic rings. The van der Waals surface area contributed by atoms with Crippen molar-refractivity contribution in [2.75, 3.05) is 19.8 Å². The Morgan fingerprint density at radius 2 is 2.00 bits per heavy atom. The van der Waals surface area contributed by atoms with E-state index in [0.29, 0.717) is 6.54 Å². The van der Waals surface area contributed by atoms with Crippen LogP contribution in [-0.4, -0.2) is 30.5 Å². The Morgan fingerprint density at radius 1 is 1.24 bits per heavy atom. The monoisotopic (exact) mass is 300 g/mol. The third-order valence-corrected chi connectivity index (χ3v) is 3.18. The van der Waals surface area contributed by atoms with Crippen molar-refractivity contribution in [2.24, 2.45) is 0 Å². The van der Waals surface area contributed by atoms with Gasteiger partial charge in [0.2, 0.25) is 0 Å². The topological polar surface area (TPSA) is 26.2 Å². The third kappa shape index (κ3) is 4.47. The summed E-state index contributed by atoms with van der Waals surface area (Å²) in [7, 11) is 0. The van der Waals surface area contributed by atoms with Crippen LogP contribution in [0.3, 0.4) is 0 Å². The quantitative estimate of drug-likeness (QED) is 0.794. The van der Waals surface area contributed by atoms with E-state index in [9.17, 15) is 13.2 Å². The maximum absolute atomic E-state index is 12.0. The molecule has 1 aromatic heterocycles. The summed E-state index contributed by atoms with van der Waals surface area (Å²) in [5, 5.41) is 4.38. The summed E-state index contributed by atoms with van der Waals surface area (Å²) in [6.07, 6.45) is -2.29. The van der Waals surface area contributed by atoms with Crippen LogP contribution in [0.2, 0.25) is 0 Å². The summed E-state index contributed by atoms with van der Waals surface area (Å²) in [6, 6.07) is 7.87. The molecule has 0 aliphatic carbocycles. The Morgan fingerprint density at radius 3 is 2.71 bits per heavy atom. The second-order valence-electron chi connectivity index (χ2n) is 4.81. The fourth-order valence-electron chi connectivity index (χ4n) is 2.26. The van der Waals surface area contributed by atoms with E-state index in [2.05, 4.69) is 10.1 Å². The molecular formula is C15H19F3N2O. The minimum Gasteiger partial charge on any atom is -0.370 e. The number of ether oxygens (including phenoxy) is 1. The first-order valence-corrected chi connectivity index (χ1v) is 6.93. The smallest absolute Gasteiger partial charge is 0.370 e. The van der Waals surface area contributed by atoms with Crippen LogP contribution >= 0.6 is 0 Å². The van der Waals surface area contributed by atoms with E-state index in [1.54, 1.807) is 0 Å². The standard InChI is InChI=1S/C15H19F3N2O/c1-2-19-9-12-10-20(7-8-21-11-15(16,17)18)14-6-4-3-5-13(12)14/h3-6,10,19H,2,7-9,11H2,1H3. The number of aromatic nitrogens is 1. The molecule has 0 unspecified atom stereocenters. The van der Waals surface area contributed by atoms with Gasteiger partial charge in [0.05, 0.1) is 6.61 Å². The highest BCUT2D eigenvalue weighted by Gasteiger charge is 2.27. The molecule has 2 rings (SSSR count). The van der Waals surface area contributed by atoms with Crippen molar-refractivity contribution in [1.29, 1.82) is 0 Å². The third-order valence-electron chi connectivity index (χ3n) is 3.18. The highest BCUT2D eigenvalue weighted by atomic mass is 19.4. The van der Waals surface area contributed by atoms with Crippen molar-refractivity contribution in [2.45, 2.75) is 26.2 Å². The number of alkyl halides is 3. The van der Waals surface area contributed by atoms with Gasteiger partial charge in [0.1, 0.15) is 6.61 Å². The molecule has 1 N–H and O–H groups in total. The van der Waals surface area contributed by atoms with E-state index in [4.69, 9.17) is 0 Å². The first-order chi connectivity index (χ1) is 10.0. The van der Waals surface area contributed by atoms with E-state index in [1.807, 2.05) is 42.0 Å². The van der Waals surface area contributed by atoms with Crippen molar-refractivity contribution in [1.82, 2.24) is 9.88 Å². The molecule has 1 aromatic carbocycles. The first-order valence-electron chi connectivity index (χ1n) is 6.93. The van der Waals surface area contributed by atoms with E-state index in [-0.39, 0.29) is 6.61 Å². The lowest BCUT2D eigenvalue weighted by Gasteiger charge is -2.09. The van der Waals surface area contributed by atoms with Gasteiger partial charge in [-0.2, -0.15) is 13.2 Å². The predicted molar refractivity (Wildman–Crippen MR) is 76.2 cm³/mol. The lowest BCUT2D eigenvalue weighted by Crippen LogP contribution is -2.18. The summed E-state index contributed by atoms with van der Waals surface area (Å²) in [5.41, 5.74) is 2.16. The van der Waals surface area contributed by atoms with Crippen LogP contribution in [0.5, 0.6) is 0 Å². The van der Waals surface area contributed by atoms with Crippen LogP contribution in [0.15, 0.2) is 30.5 Å². The number of halogens is 3. The highest BCUT2D eigenvalue weighted by Crippen LogP contribution is 2.21. The van der Waals surface area contributed by atoms with Crippen LogP contribution < -0.4 is 5.32 Å². The Bertz CT molecular complexity index is 578. The maximum atomic E-state index is 12.0. The van der Waals surface area contributed by atoms with Gasteiger partial charge in [0.25, 0.3) is 0 Å². The lowest BCUT2D eigenvalue weighted by atomic mass is 10.2. The second-order valence-corrected chi connectivity index (χ2v) is 4.81. The summed E-state index contributed by atoms with van der Waals surface area (Å²) in [4.78, 5) is 0. The molecule has 0 saturated heterocycles. The number of nitrogens with zero attached hydrogens (tertiary/aromatic N) is 1. The minimum atomic E-state index is -4.27. The molecule has 0 aliphatic rings. The number of hydrogen-bond donors (Lipinski definition) is 1. The van der Waals surface area contributed by atoms with Crippen molar-refractivity contribution < 1.29 is 17.9 Å². The lowest BCUT2D eigenvalue weighted by molar-refractivity contribution is -0.174. The molecule has 1 heterocycles. The molecule has 0 aliphatic heterocycles. The van der Waals surface area contributed by atoms with Gasteiger partial charge in [0.15, 0.2) is 0 Å². The van der Waals surface area contributed by atoms with Gasteiger partial charge < -0.3 is 14.6 Å². The molecule has 0 saturated carbocycles. The maximum Gasteiger partial charge on any atom is 0.411 e. The van der Waals surface area contributed by atoms with Gasteiger partial charge in [0, 0.05) is 30.2 Å². The number of para-hydroxylation sites is 1. The molecule has 0 amide bonds. The Balaban J connectivity index is 2.05. The van der Waals surface area contributed by atoms with Gasteiger partial charge in [-0.15, -0.1) is 0 Å². The molecule has 0 atom stereocenters. The summed E-state index contributed by atoms with van der Waals surface area (Å²) in [6.45, 7) is 2.89. The molecule has 0 radical (unpaired) electrons. The zero-order chi connectivity index (χ0) is 15.3. The van der Waals surface area contributed by atoms with Crippen LogP contribution in [0.1, 0.15) is 12.5 Å². The van der Waals surface area contributed by atoms with E-state index < -0.39 is 12.8 Å². The highest BCUT2D eigenvalue weighted by molar-refractivity contribution is 5.83. The molecule has 0 fully saturated rings. The number of hydrogen-bond acceptors (Lipinski definition) is 2. The minimum absolute atomic E-state index is 0.0405. The zero-order valence-corrected chi connectivity index (χ0v) is 11.9. The first kappa shape index (κ1) is 15.9. The van der Waals surface area contributed by atoms with Crippen molar-refractivity contribution in [3.05, 3.63) is 36.0 Å². The second kappa shape index (κ2) is 6.95. The van der Waals surface area contributed by atoms with Crippen molar-refractivity contribution in [3.8, 4) is 0 Å². The molecule has 3 nitrogen and oxygen atoms in total. The van der Waals surface area contributed by atoms with Gasteiger partial charge in [-0.25, -0.2) is 0 Å². The molecular weight excluding hydrogens is 281 g/mol. The molecule has 0 bridgehead atoms. The average molecular weight is 300 g/mol. The fourth-order valence-corrected chi connectivity index (χ4v) is 2.26. The molecule has 0 spiro atoms. The van der Waals surface area contributed by atoms with E-state index in [1.165, 1.54) is 0 Å². The summed E-state index contributed by atoms with van der Waals surface area (Å²) in [5.74, 6) is 0. The van der Waals surface area contributed by atoms with Crippen molar-refractivity contribution in [3.63, 3.8) is 0 Å². The summed E-state index contributed by atoms with van der Waals surface area (Å²) < 4.78 is 42.7. The van der Waals surface area contributed by atoms with Gasteiger partial charge in [-0.05, 0) is 18.2 Å². The largest absolute Gasteiger partial charge is 0.411 e. The zero-order valence-electron chi connectivity index (χ0n) is 11.9. The number of nitrogens with one attached hydrogen (secondary N) is 1. The SMILES string of the molecule is CCNCc1cn(CCOCC(F)(F)F)c2ccccc12. The Kier molecular flexibility index (Phi) is 5.25. The normalized spacial score (nSPS) is 12.2. The Labute approximate surface area is 121 Å². The molecule has 21 heavy (non-hydrogen) atoms.